The third-order valence-corrected chi connectivity index (χ3v) is 5.31. The largest absolute Gasteiger partial charge is 0.338 e. The summed E-state index contributed by atoms with van der Waals surface area (Å²) >= 11 is 3.47. The van der Waals surface area contributed by atoms with Gasteiger partial charge in [0.05, 0.1) is 15.9 Å². The Morgan fingerprint density at radius 1 is 1.14 bits per heavy atom. The Hall–Kier alpha value is -1.66. The van der Waals surface area contributed by atoms with Crippen LogP contribution in [0.3, 0.4) is 0 Å². The van der Waals surface area contributed by atoms with Crippen LogP contribution >= 0.6 is 15.9 Å². The van der Waals surface area contributed by atoms with Crippen molar-refractivity contribution < 1.29 is 8.42 Å². The van der Waals surface area contributed by atoms with Crippen molar-refractivity contribution >= 4 is 36.8 Å². The van der Waals surface area contributed by atoms with Crippen molar-refractivity contribution in [3.8, 4) is 11.4 Å². The van der Waals surface area contributed by atoms with Crippen molar-refractivity contribution in [2.75, 3.05) is 6.26 Å². The van der Waals surface area contributed by atoms with Crippen LogP contribution in [0.15, 0.2) is 45.8 Å². The first-order valence-electron chi connectivity index (χ1n) is 6.31. The van der Waals surface area contributed by atoms with Crippen molar-refractivity contribution in [2.24, 2.45) is 0 Å². The highest BCUT2D eigenvalue weighted by Gasteiger charge is 2.11. The number of aromatic nitrogens is 2. The van der Waals surface area contributed by atoms with Gasteiger partial charge >= 0.3 is 0 Å². The average molecular weight is 365 g/mol. The lowest BCUT2D eigenvalue weighted by Gasteiger charge is -2.00. The topological polar surface area (TPSA) is 62.8 Å². The van der Waals surface area contributed by atoms with E-state index >= 15 is 0 Å². The molecule has 108 valence electrons. The second-order valence-electron chi connectivity index (χ2n) is 5.00. The number of H-pyrrole nitrogens is 1. The summed E-state index contributed by atoms with van der Waals surface area (Å²) in [6, 6.07) is 10.9. The summed E-state index contributed by atoms with van der Waals surface area (Å²) in [5.74, 6) is 0.728. The van der Waals surface area contributed by atoms with Gasteiger partial charge in [0.1, 0.15) is 5.82 Å². The molecule has 1 heterocycles. The molecule has 0 aliphatic heterocycles. The van der Waals surface area contributed by atoms with Crippen LogP contribution in [0.25, 0.3) is 22.4 Å². The van der Waals surface area contributed by atoms with Crippen molar-refractivity contribution in [3.05, 3.63) is 46.4 Å². The minimum Gasteiger partial charge on any atom is -0.338 e. The van der Waals surface area contributed by atoms with Gasteiger partial charge in [0.25, 0.3) is 0 Å². The molecule has 0 spiro atoms. The maximum Gasteiger partial charge on any atom is 0.175 e. The van der Waals surface area contributed by atoms with E-state index in [0.29, 0.717) is 5.52 Å². The Kier molecular flexibility index (Phi) is 3.37. The number of benzene rings is 2. The van der Waals surface area contributed by atoms with Gasteiger partial charge in [-0.25, -0.2) is 13.4 Å². The normalized spacial score (nSPS) is 12.0. The first kappa shape index (κ1) is 14.3. The van der Waals surface area contributed by atoms with E-state index in [1.54, 1.807) is 18.2 Å². The van der Waals surface area contributed by atoms with Gasteiger partial charge in [-0.15, -0.1) is 0 Å². The van der Waals surface area contributed by atoms with Crippen LogP contribution in [0.2, 0.25) is 0 Å². The molecule has 0 aliphatic rings. The van der Waals surface area contributed by atoms with Gasteiger partial charge < -0.3 is 4.98 Å². The van der Waals surface area contributed by atoms with Gasteiger partial charge in [-0.05, 0) is 42.8 Å². The van der Waals surface area contributed by atoms with Crippen molar-refractivity contribution in [1.82, 2.24) is 9.97 Å². The molecule has 2 aromatic carbocycles. The predicted octanol–water partition coefficient (Wildman–Crippen LogP) is 3.70. The van der Waals surface area contributed by atoms with Crippen LogP contribution in [0, 0.1) is 6.92 Å². The molecule has 3 rings (SSSR count). The Balaban J connectivity index is 2.14. The van der Waals surface area contributed by atoms with Crippen LogP contribution in [-0.4, -0.2) is 24.6 Å². The fourth-order valence-electron chi connectivity index (χ4n) is 2.15. The second kappa shape index (κ2) is 4.96. The smallest absolute Gasteiger partial charge is 0.175 e. The van der Waals surface area contributed by atoms with E-state index in [1.807, 2.05) is 25.1 Å². The number of halogens is 1. The molecule has 0 atom stereocenters. The highest BCUT2D eigenvalue weighted by atomic mass is 79.9. The SMILES string of the molecule is Cc1cc(-c2nc3ccc(S(C)(=O)=O)cc3[nH]2)ccc1Br. The summed E-state index contributed by atoms with van der Waals surface area (Å²) in [4.78, 5) is 7.98. The first-order valence-corrected chi connectivity index (χ1v) is 8.99. The van der Waals surface area contributed by atoms with E-state index < -0.39 is 9.84 Å². The van der Waals surface area contributed by atoms with Crippen LogP contribution in [0.4, 0.5) is 0 Å². The number of hydrogen-bond donors (Lipinski definition) is 1. The summed E-state index contributed by atoms with van der Waals surface area (Å²) in [6.07, 6.45) is 1.20. The zero-order chi connectivity index (χ0) is 15.2. The quantitative estimate of drug-likeness (QED) is 0.753. The molecule has 1 N–H and O–H groups in total. The molecule has 3 aromatic rings. The van der Waals surface area contributed by atoms with E-state index in [0.717, 1.165) is 26.9 Å². The van der Waals surface area contributed by atoms with Crippen molar-refractivity contribution in [3.63, 3.8) is 0 Å². The molecule has 6 heteroatoms. The number of nitrogens with zero attached hydrogens (tertiary/aromatic N) is 1. The molecular weight excluding hydrogens is 352 g/mol. The Morgan fingerprint density at radius 2 is 1.90 bits per heavy atom. The number of aryl methyl sites for hydroxylation is 1. The van der Waals surface area contributed by atoms with E-state index in [1.165, 1.54) is 6.26 Å². The third-order valence-electron chi connectivity index (χ3n) is 3.31. The molecule has 0 bridgehead atoms. The zero-order valence-electron chi connectivity index (χ0n) is 11.5. The minimum absolute atomic E-state index is 0.289. The van der Waals surface area contributed by atoms with Crippen molar-refractivity contribution in [1.29, 1.82) is 0 Å². The maximum atomic E-state index is 11.6. The summed E-state index contributed by atoms with van der Waals surface area (Å²) < 4.78 is 24.2. The van der Waals surface area contributed by atoms with Gasteiger partial charge in [0.2, 0.25) is 0 Å². The number of imidazole rings is 1. The highest BCUT2D eigenvalue weighted by molar-refractivity contribution is 9.10. The van der Waals surface area contributed by atoms with E-state index in [4.69, 9.17) is 0 Å². The Bertz CT molecular complexity index is 945. The summed E-state index contributed by atoms with van der Waals surface area (Å²) in [6.45, 7) is 2.01. The van der Waals surface area contributed by atoms with Crippen LogP contribution in [-0.2, 0) is 9.84 Å². The van der Waals surface area contributed by atoms with E-state index in [2.05, 4.69) is 25.9 Å². The number of aromatic amines is 1. The zero-order valence-corrected chi connectivity index (χ0v) is 13.9. The van der Waals surface area contributed by atoms with Crippen LogP contribution in [0.5, 0.6) is 0 Å². The summed E-state index contributed by atoms with van der Waals surface area (Å²) in [7, 11) is -3.22. The molecule has 0 radical (unpaired) electrons. The molecule has 0 saturated carbocycles. The fourth-order valence-corrected chi connectivity index (χ4v) is 3.04. The van der Waals surface area contributed by atoms with Gasteiger partial charge in [-0.2, -0.15) is 0 Å². The predicted molar refractivity (Wildman–Crippen MR) is 87.1 cm³/mol. The Labute approximate surface area is 131 Å². The minimum atomic E-state index is -3.22. The molecule has 0 amide bonds. The molecular formula is C15H13BrN2O2S. The first-order chi connectivity index (χ1) is 9.84. The molecule has 1 aromatic heterocycles. The number of nitrogens with one attached hydrogen (secondary N) is 1. The highest BCUT2D eigenvalue weighted by Crippen LogP contribution is 2.26. The van der Waals surface area contributed by atoms with Gasteiger partial charge in [0.15, 0.2) is 9.84 Å². The average Bonchev–Trinajstić information content (AvgIpc) is 2.83. The monoisotopic (exact) mass is 364 g/mol. The molecule has 0 unspecified atom stereocenters. The number of sulfone groups is 1. The number of hydrogen-bond acceptors (Lipinski definition) is 3. The van der Waals surface area contributed by atoms with E-state index in [9.17, 15) is 8.42 Å². The van der Waals surface area contributed by atoms with E-state index in [-0.39, 0.29) is 4.90 Å². The molecule has 4 nitrogen and oxygen atoms in total. The maximum absolute atomic E-state index is 11.6. The summed E-state index contributed by atoms with van der Waals surface area (Å²) in [5, 5.41) is 0. The standard InChI is InChI=1S/C15H13BrN2O2S/c1-9-7-10(3-5-12(9)16)15-17-13-6-4-11(21(2,19)20)8-14(13)18-15/h3-8H,1-2H3,(H,17,18). The second-order valence-corrected chi connectivity index (χ2v) is 7.87. The molecule has 0 aliphatic carbocycles. The third kappa shape index (κ3) is 2.73. The van der Waals surface area contributed by atoms with Crippen LogP contribution in [0.1, 0.15) is 5.56 Å². The van der Waals surface area contributed by atoms with Gasteiger partial charge in [0, 0.05) is 16.3 Å². The number of fused-ring (bicyclic) bond motifs is 1. The Morgan fingerprint density at radius 3 is 2.57 bits per heavy atom. The van der Waals surface area contributed by atoms with Crippen LogP contribution < -0.4 is 0 Å². The molecule has 21 heavy (non-hydrogen) atoms. The lowest BCUT2D eigenvalue weighted by Crippen LogP contribution is -1.96. The summed E-state index contributed by atoms with van der Waals surface area (Å²) in [5.41, 5.74) is 3.55. The van der Waals surface area contributed by atoms with Crippen molar-refractivity contribution in [2.45, 2.75) is 11.8 Å². The molecule has 0 fully saturated rings. The van der Waals surface area contributed by atoms with Gasteiger partial charge in [-0.3, -0.25) is 0 Å². The molecule has 0 saturated heterocycles. The lowest BCUT2D eigenvalue weighted by atomic mass is 10.1. The lowest BCUT2D eigenvalue weighted by molar-refractivity contribution is 0.602. The van der Waals surface area contributed by atoms with Gasteiger partial charge in [-0.1, -0.05) is 22.0 Å². The number of rotatable bonds is 2. The fraction of sp³-hybridized carbons (Fsp3) is 0.133.